The lowest BCUT2D eigenvalue weighted by Gasteiger charge is -2.10. The lowest BCUT2D eigenvalue weighted by Crippen LogP contribution is -2.12. The maximum Gasteiger partial charge on any atom is 0.321 e. The molecule has 0 amide bonds. The van der Waals surface area contributed by atoms with E-state index in [-0.39, 0.29) is 17.5 Å². The Labute approximate surface area is 177 Å². The van der Waals surface area contributed by atoms with E-state index in [4.69, 9.17) is 4.74 Å². The number of benzene rings is 3. The van der Waals surface area contributed by atoms with E-state index < -0.39 is 0 Å². The summed E-state index contributed by atoms with van der Waals surface area (Å²) in [5, 5.41) is 0. The molecule has 0 saturated carbocycles. The smallest absolute Gasteiger partial charge is 0.321 e. The highest BCUT2D eigenvalue weighted by Gasteiger charge is 2.13. The summed E-state index contributed by atoms with van der Waals surface area (Å²) < 4.78 is 6.47. The number of esters is 1. The molecule has 0 aliphatic rings. The SMILES string of the molecule is Cc1cc(C(=O)c2ccccc2)ccc1OC(=O)CSc1cc(Br)ccc1C. The number of hydrogen-bond acceptors (Lipinski definition) is 4. The summed E-state index contributed by atoms with van der Waals surface area (Å²) in [6.07, 6.45) is 0. The van der Waals surface area contributed by atoms with Gasteiger partial charge in [-0.05, 0) is 55.3 Å². The number of thioether (sulfide) groups is 1. The van der Waals surface area contributed by atoms with E-state index in [1.165, 1.54) is 11.8 Å². The molecule has 28 heavy (non-hydrogen) atoms. The molecule has 0 aromatic heterocycles. The molecule has 3 rings (SSSR count). The molecule has 3 aromatic carbocycles. The van der Waals surface area contributed by atoms with E-state index in [0.717, 1.165) is 20.5 Å². The Balaban J connectivity index is 1.65. The maximum atomic E-state index is 12.5. The minimum Gasteiger partial charge on any atom is -0.426 e. The first-order chi connectivity index (χ1) is 13.4. The van der Waals surface area contributed by atoms with Crippen molar-refractivity contribution in [2.75, 3.05) is 5.75 Å². The molecule has 0 bridgehead atoms. The zero-order chi connectivity index (χ0) is 20.1. The number of ketones is 1. The molecule has 142 valence electrons. The first-order valence-corrected chi connectivity index (χ1v) is 10.5. The largest absolute Gasteiger partial charge is 0.426 e. The molecular weight excluding hydrogens is 436 g/mol. The molecule has 0 radical (unpaired) electrons. The van der Waals surface area contributed by atoms with Gasteiger partial charge in [0.2, 0.25) is 0 Å². The number of ether oxygens (including phenoxy) is 1. The van der Waals surface area contributed by atoms with Gasteiger partial charge in [0.05, 0.1) is 5.75 Å². The van der Waals surface area contributed by atoms with Gasteiger partial charge in [-0.1, -0.05) is 52.3 Å². The Bertz CT molecular complexity index is 1020. The van der Waals surface area contributed by atoms with Crippen LogP contribution in [-0.4, -0.2) is 17.5 Å². The molecular formula is C23H19BrO3S. The quantitative estimate of drug-likeness (QED) is 0.198. The van der Waals surface area contributed by atoms with Crippen molar-refractivity contribution in [1.29, 1.82) is 0 Å². The van der Waals surface area contributed by atoms with Gasteiger partial charge in [-0.3, -0.25) is 9.59 Å². The van der Waals surface area contributed by atoms with Gasteiger partial charge in [-0.2, -0.15) is 0 Å². The molecule has 0 spiro atoms. The van der Waals surface area contributed by atoms with E-state index in [0.29, 0.717) is 16.9 Å². The highest BCUT2D eigenvalue weighted by molar-refractivity contribution is 9.10. The molecule has 0 aliphatic heterocycles. The van der Waals surface area contributed by atoms with Gasteiger partial charge in [0.15, 0.2) is 5.78 Å². The van der Waals surface area contributed by atoms with E-state index in [2.05, 4.69) is 15.9 Å². The summed E-state index contributed by atoms with van der Waals surface area (Å²) in [6.45, 7) is 3.84. The number of rotatable bonds is 6. The molecule has 0 saturated heterocycles. The van der Waals surface area contributed by atoms with E-state index >= 15 is 0 Å². The van der Waals surface area contributed by atoms with Crippen molar-refractivity contribution in [2.24, 2.45) is 0 Å². The molecule has 0 aliphatic carbocycles. The van der Waals surface area contributed by atoms with Gasteiger partial charge in [-0.15, -0.1) is 11.8 Å². The van der Waals surface area contributed by atoms with Crippen LogP contribution in [0.4, 0.5) is 0 Å². The average molecular weight is 455 g/mol. The molecule has 0 N–H and O–H groups in total. The normalized spacial score (nSPS) is 10.5. The fourth-order valence-electron chi connectivity index (χ4n) is 2.68. The Morgan fingerprint density at radius 2 is 1.64 bits per heavy atom. The fourth-order valence-corrected chi connectivity index (χ4v) is 4.03. The van der Waals surface area contributed by atoms with Crippen LogP contribution in [0.2, 0.25) is 0 Å². The van der Waals surface area contributed by atoms with Gasteiger partial charge in [0.25, 0.3) is 0 Å². The van der Waals surface area contributed by atoms with Gasteiger partial charge >= 0.3 is 5.97 Å². The highest BCUT2D eigenvalue weighted by atomic mass is 79.9. The second kappa shape index (κ2) is 9.22. The summed E-state index contributed by atoms with van der Waals surface area (Å²) in [5.41, 5.74) is 3.06. The zero-order valence-electron chi connectivity index (χ0n) is 15.6. The van der Waals surface area contributed by atoms with Gasteiger partial charge < -0.3 is 4.74 Å². The van der Waals surface area contributed by atoms with Gasteiger partial charge in [-0.25, -0.2) is 0 Å². The lowest BCUT2D eigenvalue weighted by atomic mass is 10.0. The number of hydrogen-bond donors (Lipinski definition) is 0. The van der Waals surface area contributed by atoms with Crippen molar-refractivity contribution in [2.45, 2.75) is 18.7 Å². The van der Waals surface area contributed by atoms with Crippen LogP contribution in [0.3, 0.4) is 0 Å². The summed E-state index contributed by atoms with van der Waals surface area (Å²) in [6, 6.07) is 20.2. The van der Waals surface area contributed by atoms with E-state index in [1.54, 1.807) is 30.3 Å². The minimum absolute atomic E-state index is 0.0535. The third kappa shape index (κ3) is 5.12. The summed E-state index contributed by atoms with van der Waals surface area (Å²) in [4.78, 5) is 25.8. The van der Waals surface area contributed by atoms with E-state index in [9.17, 15) is 9.59 Å². The Morgan fingerprint density at radius 1 is 0.893 bits per heavy atom. The van der Waals surface area contributed by atoms with Crippen LogP contribution < -0.4 is 4.74 Å². The Kier molecular flexibility index (Phi) is 6.70. The van der Waals surface area contributed by atoms with Crippen LogP contribution >= 0.6 is 27.7 Å². The molecule has 0 unspecified atom stereocenters. The monoisotopic (exact) mass is 454 g/mol. The van der Waals surface area contributed by atoms with Crippen molar-refractivity contribution < 1.29 is 14.3 Å². The van der Waals surface area contributed by atoms with Crippen LogP contribution in [0.25, 0.3) is 0 Å². The van der Waals surface area contributed by atoms with Crippen molar-refractivity contribution in [3.05, 3.63) is 93.5 Å². The van der Waals surface area contributed by atoms with Gasteiger partial charge in [0, 0.05) is 20.5 Å². The third-order valence-corrected chi connectivity index (χ3v) is 5.82. The molecule has 0 fully saturated rings. The van der Waals surface area contributed by atoms with Crippen LogP contribution in [0.15, 0.2) is 76.1 Å². The first kappa shape index (κ1) is 20.4. The molecule has 3 nitrogen and oxygen atoms in total. The maximum absolute atomic E-state index is 12.5. The summed E-state index contributed by atoms with van der Waals surface area (Å²) in [5.74, 6) is 0.305. The predicted molar refractivity (Wildman–Crippen MR) is 116 cm³/mol. The standard InChI is InChI=1S/C23H19BrO3S/c1-15-8-10-19(24)13-21(15)28-14-22(25)27-20-11-9-18(12-16(20)2)23(26)17-6-4-3-5-7-17/h3-13H,14H2,1-2H3. The van der Waals surface area contributed by atoms with Crippen molar-refractivity contribution in [3.8, 4) is 5.75 Å². The number of aryl methyl sites for hydroxylation is 2. The summed E-state index contributed by atoms with van der Waals surface area (Å²) in [7, 11) is 0. The van der Waals surface area contributed by atoms with Crippen molar-refractivity contribution in [1.82, 2.24) is 0 Å². The zero-order valence-corrected chi connectivity index (χ0v) is 18.0. The fraction of sp³-hybridized carbons (Fsp3) is 0.130. The average Bonchev–Trinajstić information content (AvgIpc) is 2.70. The predicted octanol–water partition coefficient (Wildman–Crippen LogP) is 5.99. The van der Waals surface area contributed by atoms with Crippen LogP contribution in [0, 0.1) is 13.8 Å². The van der Waals surface area contributed by atoms with Gasteiger partial charge in [0.1, 0.15) is 5.75 Å². The Morgan fingerprint density at radius 3 is 2.36 bits per heavy atom. The number of carbonyl (C=O) groups excluding carboxylic acids is 2. The second-order valence-electron chi connectivity index (χ2n) is 6.35. The van der Waals surface area contributed by atoms with Crippen molar-refractivity contribution in [3.63, 3.8) is 0 Å². The Hall–Kier alpha value is -2.37. The topological polar surface area (TPSA) is 43.4 Å². The number of carbonyl (C=O) groups is 2. The van der Waals surface area contributed by atoms with Crippen LogP contribution in [0.1, 0.15) is 27.0 Å². The van der Waals surface area contributed by atoms with Crippen LogP contribution in [-0.2, 0) is 4.79 Å². The third-order valence-electron chi connectivity index (χ3n) is 4.19. The summed E-state index contributed by atoms with van der Waals surface area (Å²) >= 11 is 4.89. The molecule has 0 heterocycles. The van der Waals surface area contributed by atoms with E-state index in [1.807, 2.05) is 50.2 Å². The second-order valence-corrected chi connectivity index (χ2v) is 8.28. The van der Waals surface area contributed by atoms with Crippen LogP contribution in [0.5, 0.6) is 5.75 Å². The molecule has 0 atom stereocenters. The molecule has 3 aromatic rings. The number of halogens is 1. The highest BCUT2D eigenvalue weighted by Crippen LogP contribution is 2.27. The first-order valence-electron chi connectivity index (χ1n) is 8.74. The molecule has 5 heteroatoms. The minimum atomic E-state index is -0.324. The van der Waals surface area contributed by atoms with Crippen molar-refractivity contribution >= 4 is 39.4 Å². The lowest BCUT2D eigenvalue weighted by molar-refractivity contribution is -0.131.